The van der Waals surface area contributed by atoms with Gasteiger partial charge in [0.15, 0.2) is 5.60 Å². The zero-order chi connectivity index (χ0) is 12.0. The highest BCUT2D eigenvalue weighted by Gasteiger charge is 2.51. The van der Waals surface area contributed by atoms with Crippen molar-refractivity contribution in [3.63, 3.8) is 0 Å². The normalized spacial score (nSPS) is 40.4. The maximum atomic E-state index is 11.6. The van der Waals surface area contributed by atoms with E-state index in [1.807, 2.05) is 19.1 Å². The predicted molar refractivity (Wildman–Crippen MR) is 57.7 cm³/mol. The van der Waals surface area contributed by atoms with Crippen molar-refractivity contribution in [3.05, 3.63) is 24.3 Å². The van der Waals surface area contributed by atoms with Crippen molar-refractivity contribution in [2.75, 3.05) is 7.11 Å². The lowest BCUT2D eigenvalue weighted by Crippen LogP contribution is -2.35. The first kappa shape index (κ1) is 11.4. The van der Waals surface area contributed by atoms with E-state index in [2.05, 4.69) is 0 Å². The second-order valence-corrected chi connectivity index (χ2v) is 4.78. The van der Waals surface area contributed by atoms with E-state index in [0.717, 1.165) is 0 Å². The van der Waals surface area contributed by atoms with Crippen LogP contribution in [0.2, 0.25) is 0 Å². The highest BCUT2D eigenvalue weighted by Crippen LogP contribution is 2.37. The van der Waals surface area contributed by atoms with Crippen LogP contribution in [0.15, 0.2) is 24.3 Å². The Balaban J connectivity index is 2.25. The average molecular weight is 224 g/mol. The third kappa shape index (κ3) is 1.68. The molecular formula is C12H16O4. The van der Waals surface area contributed by atoms with Crippen molar-refractivity contribution >= 4 is 5.97 Å². The summed E-state index contributed by atoms with van der Waals surface area (Å²) in [6.07, 6.45) is 7.07. The third-order valence-electron chi connectivity index (χ3n) is 2.89. The summed E-state index contributed by atoms with van der Waals surface area (Å²) < 4.78 is 16.2. The van der Waals surface area contributed by atoms with Crippen LogP contribution >= 0.6 is 0 Å². The second-order valence-electron chi connectivity index (χ2n) is 4.78. The van der Waals surface area contributed by atoms with Crippen LogP contribution in [-0.2, 0) is 19.0 Å². The van der Waals surface area contributed by atoms with Crippen LogP contribution in [0.3, 0.4) is 0 Å². The summed E-state index contributed by atoms with van der Waals surface area (Å²) in [7, 11) is 1.62. The summed E-state index contributed by atoms with van der Waals surface area (Å²) in [6.45, 7) is 5.29. The summed E-state index contributed by atoms with van der Waals surface area (Å²) in [5.74, 6) is -1.42. The van der Waals surface area contributed by atoms with E-state index in [1.54, 1.807) is 33.1 Å². The maximum absolute atomic E-state index is 11.6. The Morgan fingerprint density at radius 2 is 1.69 bits per heavy atom. The number of hydrogen-bond donors (Lipinski definition) is 0. The van der Waals surface area contributed by atoms with E-state index < -0.39 is 17.0 Å². The summed E-state index contributed by atoms with van der Waals surface area (Å²) >= 11 is 0. The Labute approximate surface area is 94.9 Å². The number of rotatable bonds is 1. The van der Waals surface area contributed by atoms with Crippen molar-refractivity contribution in [2.45, 2.75) is 37.8 Å². The van der Waals surface area contributed by atoms with Crippen molar-refractivity contribution in [1.29, 1.82) is 0 Å². The quantitative estimate of drug-likeness (QED) is 0.501. The van der Waals surface area contributed by atoms with Crippen LogP contribution in [0.4, 0.5) is 0 Å². The molecule has 4 heteroatoms. The lowest BCUT2D eigenvalue weighted by molar-refractivity contribution is -0.148. The van der Waals surface area contributed by atoms with Gasteiger partial charge in [0.25, 0.3) is 5.79 Å². The van der Waals surface area contributed by atoms with Crippen molar-refractivity contribution in [2.24, 2.45) is 0 Å². The smallest absolute Gasteiger partial charge is 0.341 e. The molecule has 1 heterocycles. The Bertz CT molecular complexity index is 364. The van der Waals surface area contributed by atoms with E-state index in [9.17, 15) is 4.79 Å². The Kier molecular flexibility index (Phi) is 2.26. The Hall–Kier alpha value is -1.13. The first-order valence-electron chi connectivity index (χ1n) is 5.20. The molecule has 1 aliphatic heterocycles. The molecule has 2 rings (SSSR count). The minimum absolute atomic E-state index is 0.359. The molecule has 0 atom stereocenters. The molecule has 16 heavy (non-hydrogen) atoms. The summed E-state index contributed by atoms with van der Waals surface area (Å²) in [5, 5.41) is 0. The summed E-state index contributed by atoms with van der Waals surface area (Å²) in [5.41, 5.74) is -1.37. The monoisotopic (exact) mass is 224 g/mol. The topological polar surface area (TPSA) is 44.8 Å². The molecule has 2 aliphatic rings. The SMILES string of the molecule is COC1(C)C=CC2(C=C1)OC(=O)C(C)(C)O2. The Morgan fingerprint density at radius 1 is 1.12 bits per heavy atom. The van der Waals surface area contributed by atoms with Gasteiger partial charge in [0.2, 0.25) is 0 Å². The fraction of sp³-hybridized carbons (Fsp3) is 0.583. The lowest BCUT2D eigenvalue weighted by atomic mass is 9.97. The molecule has 0 bridgehead atoms. The fourth-order valence-electron chi connectivity index (χ4n) is 1.68. The van der Waals surface area contributed by atoms with E-state index >= 15 is 0 Å². The molecule has 0 aromatic rings. The molecular weight excluding hydrogens is 208 g/mol. The summed E-state index contributed by atoms with van der Waals surface area (Å²) in [6, 6.07) is 0. The molecule has 0 aromatic carbocycles. The first-order chi connectivity index (χ1) is 7.31. The van der Waals surface area contributed by atoms with E-state index in [4.69, 9.17) is 14.2 Å². The van der Waals surface area contributed by atoms with E-state index in [0.29, 0.717) is 0 Å². The molecule has 1 saturated heterocycles. The average Bonchev–Trinajstić information content (AvgIpc) is 2.44. The van der Waals surface area contributed by atoms with Gasteiger partial charge >= 0.3 is 5.97 Å². The van der Waals surface area contributed by atoms with E-state index in [1.165, 1.54) is 0 Å². The van der Waals surface area contributed by atoms with Crippen LogP contribution in [0, 0.1) is 0 Å². The van der Waals surface area contributed by atoms with Crippen LogP contribution in [0.5, 0.6) is 0 Å². The zero-order valence-corrected chi connectivity index (χ0v) is 9.94. The van der Waals surface area contributed by atoms with Crippen LogP contribution in [0.25, 0.3) is 0 Å². The van der Waals surface area contributed by atoms with E-state index in [-0.39, 0.29) is 5.97 Å². The first-order valence-corrected chi connectivity index (χ1v) is 5.20. The number of carbonyl (C=O) groups excluding carboxylic acids is 1. The third-order valence-corrected chi connectivity index (χ3v) is 2.89. The maximum Gasteiger partial charge on any atom is 0.341 e. The molecule has 4 nitrogen and oxygen atoms in total. The molecule has 1 spiro atoms. The molecule has 88 valence electrons. The van der Waals surface area contributed by atoms with Gasteiger partial charge in [-0.1, -0.05) is 0 Å². The minimum atomic E-state index is -1.06. The highest BCUT2D eigenvalue weighted by atomic mass is 16.8. The standard InChI is InChI=1S/C12H16O4/c1-10(2)9(13)15-12(16-10)7-5-11(3,14-4)6-8-12/h5-8H,1-4H3. The minimum Gasteiger partial charge on any atom is -0.423 e. The second kappa shape index (κ2) is 3.18. The summed E-state index contributed by atoms with van der Waals surface area (Å²) in [4.78, 5) is 11.6. The van der Waals surface area contributed by atoms with Gasteiger partial charge in [-0.2, -0.15) is 0 Å². The molecule has 0 unspecified atom stereocenters. The lowest BCUT2D eigenvalue weighted by Gasteiger charge is -2.30. The zero-order valence-electron chi connectivity index (χ0n) is 9.94. The van der Waals surface area contributed by atoms with Gasteiger partial charge in [-0.3, -0.25) is 0 Å². The van der Waals surface area contributed by atoms with Crippen LogP contribution in [0.1, 0.15) is 20.8 Å². The van der Waals surface area contributed by atoms with Crippen LogP contribution in [-0.4, -0.2) is 30.1 Å². The molecule has 0 N–H and O–H groups in total. The van der Waals surface area contributed by atoms with Gasteiger partial charge in [0.05, 0.1) is 0 Å². The van der Waals surface area contributed by atoms with Crippen molar-refractivity contribution in [3.8, 4) is 0 Å². The van der Waals surface area contributed by atoms with Crippen molar-refractivity contribution < 1.29 is 19.0 Å². The van der Waals surface area contributed by atoms with Gasteiger partial charge < -0.3 is 14.2 Å². The molecule has 1 fully saturated rings. The molecule has 0 radical (unpaired) electrons. The largest absolute Gasteiger partial charge is 0.423 e. The fourth-order valence-corrected chi connectivity index (χ4v) is 1.68. The van der Waals surface area contributed by atoms with Gasteiger partial charge in [-0.05, 0) is 45.1 Å². The highest BCUT2D eigenvalue weighted by molar-refractivity contribution is 5.81. The number of methoxy groups -OCH3 is 1. The van der Waals surface area contributed by atoms with Gasteiger partial charge in [0.1, 0.15) is 5.60 Å². The number of esters is 1. The molecule has 0 saturated carbocycles. The molecule has 1 aliphatic carbocycles. The van der Waals surface area contributed by atoms with Gasteiger partial charge in [0, 0.05) is 7.11 Å². The number of hydrogen-bond acceptors (Lipinski definition) is 4. The van der Waals surface area contributed by atoms with Gasteiger partial charge in [-0.15, -0.1) is 0 Å². The molecule has 0 aromatic heterocycles. The van der Waals surface area contributed by atoms with Crippen molar-refractivity contribution in [1.82, 2.24) is 0 Å². The Morgan fingerprint density at radius 3 is 2.06 bits per heavy atom. The molecule has 0 amide bonds. The predicted octanol–water partition coefficient (Wildman–Crippen LogP) is 1.57. The number of carbonyl (C=O) groups is 1. The van der Waals surface area contributed by atoms with Gasteiger partial charge in [-0.25, -0.2) is 4.79 Å². The number of ether oxygens (including phenoxy) is 3. The van der Waals surface area contributed by atoms with Crippen LogP contribution < -0.4 is 0 Å².